The fourth-order valence-corrected chi connectivity index (χ4v) is 1.01. The van der Waals surface area contributed by atoms with Gasteiger partial charge in [-0.25, -0.2) is 0 Å². The molecule has 1 rings (SSSR count). The van der Waals surface area contributed by atoms with Crippen LogP contribution in [0.3, 0.4) is 0 Å². The molecule has 1 nitrogen and oxygen atoms in total. The monoisotopic (exact) mass is 212 g/mol. The van der Waals surface area contributed by atoms with Gasteiger partial charge in [0.1, 0.15) is 0 Å². The lowest BCUT2D eigenvalue weighted by atomic mass is 10.2. The third-order valence-corrected chi connectivity index (χ3v) is 1.47. The van der Waals surface area contributed by atoms with Crippen LogP contribution in [0.1, 0.15) is 13.9 Å². The van der Waals surface area contributed by atoms with Crippen LogP contribution in [-0.2, 0) is 0 Å². The molecule has 11 heavy (non-hydrogen) atoms. The molecule has 0 aliphatic rings. The van der Waals surface area contributed by atoms with Crippen LogP contribution in [0.5, 0.6) is 0 Å². The van der Waals surface area contributed by atoms with E-state index < -0.39 is 0 Å². The van der Waals surface area contributed by atoms with Gasteiger partial charge in [-0.05, 0) is 29.1 Å². The van der Waals surface area contributed by atoms with Crippen LogP contribution in [0.4, 0.5) is 5.69 Å². The molecule has 2 N–H and O–H groups in total. The highest BCUT2D eigenvalue weighted by Gasteiger charge is 1.91. The van der Waals surface area contributed by atoms with Crippen molar-refractivity contribution in [3.8, 4) is 0 Å². The van der Waals surface area contributed by atoms with Gasteiger partial charge in [-0.2, -0.15) is 0 Å². The van der Waals surface area contributed by atoms with Crippen molar-refractivity contribution in [2.24, 2.45) is 0 Å². The highest BCUT2D eigenvalue weighted by molar-refractivity contribution is 9.11. The van der Waals surface area contributed by atoms with Crippen LogP contribution in [0, 0.1) is 0 Å². The first-order chi connectivity index (χ1) is 5.63. The van der Waals surface area contributed by atoms with E-state index in [9.17, 15) is 0 Å². The van der Waals surface area contributed by atoms with Crippen molar-refractivity contribution < 1.29 is 1.37 Å². The van der Waals surface area contributed by atoms with E-state index in [1.165, 1.54) is 0 Å². The van der Waals surface area contributed by atoms with Crippen LogP contribution < -0.4 is 5.73 Å². The predicted molar refractivity (Wildman–Crippen MR) is 53.4 cm³/mol. The van der Waals surface area contributed by atoms with E-state index in [4.69, 9.17) is 7.10 Å². The van der Waals surface area contributed by atoms with Crippen molar-refractivity contribution in [3.05, 3.63) is 34.3 Å². The van der Waals surface area contributed by atoms with E-state index in [1.807, 2.05) is 25.1 Å². The zero-order valence-corrected chi connectivity index (χ0v) is 7.85. The maximum absolute atomic E-state index is 7.66. The Morgan fingerprint density at radius 1 is 1.64 bits per heavy atom. The Hall–Kier alpha value is -0.760. The molecule has 0 atom stereocenters. The van der Waals surface area contributed by atoms with E-state index in [1.54, 1.807) is 6.07 Å². The lowest BCUT2D eigenvalue weighted by Crippen LogP contribution is -1.87. The van der Waals surface area contributed by atoms with Crippen molar-refractivity contribution in [2.75, 3.05) is 5.73 Å². The molecule has 0 aliphatic carbocycles. The van der Waals surface area contributed by atoms with Gasteiger partial charge in [0.15, 0.2) is 0 Å². The number of rotatable bonds is 1. The Bertz CT molecular complexity index is 316. The van der Waals surface area contributed by atoms with E-state index in [0.29, 0.717) is 11.7 Å². The molecule has 0 saturated carbocycles. The van der Waals surface area contributed by atoms with Crippen LogP contribution in [-0.4, -0.2) is 0 Å². The highest BCUT2D eigenvalue weighted by Crippen LogP contribution is 2.16. The molecule has 0 aliphatic heterocycles. The molecule has 0 aromatic heterocycles. The summed E-state index contributed by atoms with van der Waals surface area (Å²) in [6.07, 6.45) is 0. The number of anilines is 1. The van der Waals surface area contributed by atoms with E-state index >= 15 is 0 Å². The van der Waals surface area contributed by atoms with Crippen LogP contribution in [0.25, 0.3) is 6.05 Å². The summed E-state index contributed by atoms with van der Waals surface area (Å²) in [6.45, 7) is 1.83. The zero-order valence-electron chi connectivity index (χ0n) is 7.26. The summed E-state index contributed by atoms with van der Waals surface area (Å²) in [4.78, 5) is 0. The normalized spacial score (nSPS) is 13.8. The first kappa shape index (κ1) is 6.92. The van der Waals surface area contributed by atoms with Gasteiger partial charge in [0.25, 0.3) is 0 Å². The van der Waals surface area contributed by atoms with Crippen molar-refractivity contribution >= 4 is 27.7 Å². The number of hydrogen-bond acceptors (Lipinski definition) is 1. The Labute approximate surface area is 76.4 Å². The highest BCUT2D eigenvalue weighted by atomic mass is 79.9. The average molecular weight is 213 g/mol. The number of para-hydroxylation sites is 1. The smallest absolute Gasteiger partial charge is 0.0638 e. The number of nitrogens with two attached hydrogens (primary N) is 1. The fraction of sp³-hybridized carbons (Fsp3) is 0.111. The topological polar surface area (TPSA) is 26.0 Å². The van der Waals surface area contributed by atoms with E-state index in [-0.39, 0.29) is 0 Å². The van der Waals surface area contributed by atoms with Crippen molar-refractivity contribution in [3.63, 3.8) is 0 Å². The molecule has 0 fully saturated rings. The van der Waals surface area contributed by atoms with Gasteiger partial charge in [-0.15, -0.1) is 0 Å². The summed E-state index contributed by atoms with van der Waals surface area (Å²) in [7, 11) is 0. The molecular weight excluding hydrogens is 202 g/mol. The molecule has 1 aromatic rings. The lowest BCUT2D eigenvalue weighted by Gasteiger charge is -1.98. The summed E-state index contributed by atoms with van der Waals surface area (Å²) in [6, 6.07) is 7.79. The minimum absolute atomic E-state index is 0.438. The van der Waals surface area contributed by atoms with E-state index in [0.717, 1.165) is 10.0 Å². The second-order valence-corrected chi connectivity index (χ2v) is 3.44. The van der Waals surface area contributed by atoms with Crippen molar-refractivity contribution in [1.29, 1.82) is 0 Å². The number of allylic oxidation sites excluding steroid dienone is 1. The molecule has 58 valence electrons. The van der Waals surface area contributed by atoms with Gasteiger partial charge in [-0.3, -0.25) is 0 Å². The van der Waals surface area contributed by atoms with Crippen LogP contribution >= 0.6 is 15.9 Å². The van der Waals surface area contributed by atoms with Crippen LogP contribution in [0.2, 0.25) is 0 Å². The Morgan fingerprint density at radius 3 is 2.82 bits per heavy atom. The van der Waals surface area contributed by atoms with Gasteiger partial charge in [0.2, 0.25) is 0 Å². The second-order valence-electron chi connectivity index (χ2n) is 2.25. The molecule has 0 saturated heterocycles. The SMILES string of the molecule is [2H]/C(=C(\C)Br)c1ccccc1N. The molecule has 2 heteroatoms. The standard InChI is InChI=1S/C9H10BrN/c1-7(10)6-8-4-2-3-5-9(8)11/h2-6H,11H2,1H3/b7-6-/i6D. The summed E-state index contributed by atoms with van der Waals surface area (Å²) in [5.41, 5.74) is 7.09. The first-order valence-electron chi connectivity index (χ1n) is 3.81. The number of halogens is 1. The van der Waals surface area contributed by atoms with E-state index in [2.05, 4.69) is 15.9 Å². The molecule has 0 radical (unpaired) electrons. The van der Waals surface area contributed by atoms with Gasteiger partial charge in [0, 0.05) is 5.69 Å². The molecular formula is C9H10BrN. The maximum atomic E-state index is 7.66. The Morgan fingerprint density at radius 2 is 2.27 bits per heavy atom. The van der Waals surface area contributed by atoms with Gasteiger partial charge in [-0.1, -0.05) is 34.1 Å². The minimum atomic E-state index is 0.438. The molecule has 0 spiro atoms. The van der Waals surface area contributed by atoms with Crippen molar-refractivity contribution in [2.45, 2.75) is 6.92 Å². The molecule has 1 aromatic carbocycles. The lowest BCUT2D eigenvalue weighted by molar-refractivity contribution is 1.62. The molecule has 0 amide bonds. The molecule has 0 heterocycles. The van der Waals surface area contributed by atoms with Gasteiger partial charge in [0.05, 0.1) is 1.37 Å². The summed E-state index contributed by atoms with van der Waals surface area (Å²) >= 11 is 3.25. The van der Waals surface area contributed by atoms with Crippen LogP contribution in [0.15, 0.2) is 28.7 Å². The molecule has 0 unspecified atom stereocenters. The van der Waals surface area contributed by atoms with Crippen molar-refractivity contribution in [1.82, 2.24) is 0 Å². The quantitative estimate of drug-likeness (QED) is 0.713. The first-order valence-corrected chi connectivity index (χ1v) is 4.10. The third-order valence-electron chi connectivity index (χ3n) is 1.27. The van der Waals surface area contributed by atoms with Gasteiger partial charge >= 0.3 is 0 Å². The second kappa shape index (κ2) is 3.58. The zero-order chi connectivity index (χ0) is 9.14. The number of nitrogen functional groups attached to an aromatic ring is 1. The number of benzene rings is 1. The average Bonchev–Trinajstić information content (AvgIpc) is 2.04. The predicted octanol–water partition coefficient (Wildman–Crippen LogP) is 3.02. The Kier molecular flexibility index (Phi) is 2.25. The molecule has 0 bridgehead atoms. The third kappa shape index (κ3) is 2.39. The largest absolute Gasteiger partial charge is 0.398 e. The summed E-state index contributed by atoms with van der Waals surface area (Å²) in [5.74, 6) is 0. The number of hydrogen-bond donors (Lipinski definition) is 1. The van der Waals surface area contributed by atoms with Gasteiger partial charge < -0.3 is 5.73 Å². The Balaban J connectivity index is 3.21. The summed E-state index contributed by atoms with van der Waals surface area (Å²) < 4.78 is 8.45. The minimum Gasteiger partial charge on any atom is -0.398 e. The fourth-order valence-electron chi connectivity index (χ4n) is 0.796. The summed E-state index contributed by atoms with van der Waals surface area (Å²) in [5, 5.41) is 0. The maximum Gasteiger partial charge on any atom is 0.0638 e.